The van der Waals surface area contributed by atoms with Gasteiger partial charge in [0.25, 0.3) is 0 Å². The number of aromatic hydroxyl groups is 1. The summed E-state index contributed by atoms with van der Waals surface area (Å²) in [6.07, 6.45) is 1.91. The van der Waals surface area contributed by atoms with Crippen molar-refractivity contribution in [3.63, 3.8) is 0 Å². The third-order valence-electron chi connectivity index (χ3n) is 2.82. The lowest BCUT2D eigenvalue weighted by Crippen LogP contribution is -2.14. The Balaban J connectivity index is 2.52. The summed E-state index contributed by atoms with van der Waals surface area (Å²) in [4.78, 5) is 0. The molecular formula is C11H13ClFNO. The number of halogens is 2. The van der Waals surface area contributed by atoms with Crippen LogP contribution in [-0.4, -0.2) is 11.7 Å². The Bertz CT molecular complexity index is 362. The normalized spacial score (nSPS) is 20.9. The Morgan fingerprint density at radius 3 is 2.93 bits per heavy atom. The number of phenols is 1. The lowest BCUT2D eigenvalue weighted by molar-refractivity contribution is 0.417. The Morgan fingerprint density at radius 1 is 1.60 bits per heavy atom. The van der Waals surface area contributed by atoms with E-state index in [-0.39, 0.29) is 11.8 Å². The van der Waals surface area contributed by atoms with Gasteiger partial charge in [0.05, 0.1) is 5.02 Å². The quantitative estimate of drug-likeness (QED) is 0.776. The zero-order valence-electron chi connectivity index (χ0n) is 8.48. The molecule has 1 atom stereocenters. The van der Waals surface area contributed by atoms with Gasteiger partial charge in [0.15, 0.2) is 11.6 Å². The summed E-state index contributed by atoms with van der Waals surface area (Å²) in [5.41, 5.74) is 1.17. The number of hydrogen-bond acceptors (Lipinski definition) is 2. The van der Waals surface area contributed by atoms with Crippen LogP contribution in [0, 0.1) is 12.7 Å². The molecule has 0 spiro atoms. The van der Waals surface area contributed by atoms with Gasteiger partial charge < -0.3 is 10.4 Å². The van der Waals surface area contributed by atoms with Crippen molar-refractivity contribution >= 4 is 11.6 Å². The first kappa shape index (κ1) is 10.7. The lowest BCUT2D eigenvalue weighted by atomic mass is 10.0. The minimum absolute atomic E-state index is 0.0214. The topological polar surface area (TPSA) is 32.3 Å². The maximum absolute atomic E-state index is 13.3. The van der Waals surface area contributed by atoms with E-state index in [0.717, 1.165) is 19.4 Å². The van der Waals surface area contributed by atoms with Gasteiger partial charge in [0.1, 0.15) is 0 Å². The highest BCUT2D eigenvalue weighted by molar-refractivity contribution is 6.32. The predicted molar refractivity (Wildman–Crippen MR) is 57.8 cm³/mol. The highest BCUT2D eigenvalue weighted by Gasteiger charge is 2.25. The molecule has 0 bridgehead atoms. The molecule has 1 aliphatic heterocycles. The molecule has 0 radical (unpaired) electrons. The minimum Gasteiger partial charge on any atom is -0.505 e. The van der Waals surface area contributed by atoms with Crippen LogP contribution < -0.4 is 5.32 Å². The fourth-order valence-corrected chi connectivity index (χ4v) is 2.29. The Kier molecular flexibility index (Phi) is 2.85. The fourth-order valence-electron chi connectivity index (χ4n) is 2.02. The van der Waals surface area contributed by atoms with E-state index in [1.165, 1.54) is 6.07 Å². The first-order valence-electron chi connectivity index (χ1n) is 5.02. The van der Waals surface area contributed by atoms with Crippen LogP contribution in [0.4, 0.5) is 4.39 Å². The van der Waals surface area contributed by atoms with Crippen LogP contribution >= 0.6 is 11.6 Å². The molecule has 2 rings (SSSR count). The van der Waals surface area contributed by atoms with Gasteiger partial charge in [0.2, 0.25) is 0 Å². The van der Waals surface area contributed by atoms with Gasteiger partial charge in [-0.3, -0.25) is 0 Å². The number of benzene rings is 1. The first-order chi connectivity index (χ1) is 7.11. The highest BCUT2D eigenvalue weighted by atomic mass is 35.5. The van der Waals surface area contributed by atoms with Crippen molar-refractivity contribution in [1.29, 1.82) is 0 Å². The molecule has 1 saturated heterocycles. The molecule has 1 aromatic rings. The monoisotopic (exact) mass is 229 g/mol. The molecule has 0 saturated carbocycles. The second-order valence-electron chi connectivity index (χ2n) is 3.90. The average Bonchev–Trinajstić information content (AvgIpc) is 2.69. The number of nitrogens with one attached hydrogen (secondary N) is 1. The first-order valence-corrected chi connectivity index (χ1v) is 5.40. The molecule has 4 heteroatoms. The van der Waals surface area contributed by atoms with Gasteiger partial charge in [-0.15, -0.1) is 0 Å². The van der Waals surface area contributed by atoms with E-state index in [0.29, 0.717) is 16.1 Å². The summed E-state index contributed by atoms with van der Waals surface area (Å²) in [7, 11) is 0. The summed E-state index contributed by atoms with van der Waals surface area (Å²) < 4.78 is 13.3. The Morgan fingerprint density at radius 2 is 2.33 bits per heavy atom. The third kappa shape index (κ3) is 1.82. The largest absolute Gasteiger partial charge is 0.505 e. The van der Waals surface area contributed by atoms with Crippen molar-refractivity contribution in [2.75, 3.05) is 6.54 Å². The second-order valence-corrected chi connectivity index (χ2v) is 4.28. The number of hydrogen-bond donors (Lipinski definition) is 2. The van der Waals surface area contributed by atoms with Crippen LogP contribution in [0.1, 0.15) is 30.0 Å². The third-order valence-corrected chi connectivity index (χ3v) is 3.32. The molecule has 82 valence electrons. The molecule has 0 amide bonds. The second kappa shape index (κ2) is 3.99. The van der Waals surface area contributed by atoms with Crippen LogP contribution in [0.15, 0.2) is 6.07 Å². The molecule has 1 fully saturated rings. The van der Waals surface area contributed by atoms with Gasteiger partial charge in [0, 0.05) is 11.6 Å². The van der Waals surface area contributed by atoms with Gasteiger partial charge in [-0.05, 0) is 37.9 Å². The standard InChI is InChI=1S/C11H13ClFNO/c1-6-5-7(13)11(15)9(10(6)12)8-3-2-4-14-8/h5,8,14-15H,2-4H2,1H3. The van der Waals surface area contributed by atoms with Crippen molar-refractivity contribution in [3.05, 3.63) is 28.0 Å². The number of phenolic OH excluding ortho intramolecular Hbond substituents is 1. The molecular weight excluding hydrogens is 217 g/mol. The van der Waals surface area contributed by atoms with Crippen LogP contribution in [0.2, 0.25) is 5.02 Å². The van der Waals surface area contributed by atoms with E-state index < -0.39 is 5.82 Å². The molecule has 0 aromatic heterocycles. The summed E-state index contributed by atoms with van der Waals surface area (Å²) in [5.74, 6) is -0.911. The minimum atomic E-state index is -0.597. The Labute approximate surface area is 93.1 Å². The van der Waals surface area contributed by atoms with Crippen molar-refractivity contribution < 1.29 is 9.50 Å². The maximum atomic E-state index is 13.3. The van der Waals surface area contributed by atoms with Crippen molar-refractivity contribution in [2.24, 2.45) is 0 Å². The van der Waals surface area contributed by atoms with Crippen LogP contribution in [0.5, 0.6) is 5.75 Å². The predicted octanol–water partition coefficient (Wildman–Crippen LogP) is 2.92. The van der Waals surface area contributed by atoms with E-state index in [2.05, 4.69) is 5.32 Å². The van der Waals surface area contributed by atoms with Gasteiger partial charge in [-0.1, -0.05) is 11.6 Å². The van der Waals surface area contributed by atoms with Crippen molar-refractivity contribution in [3.8, 4) is 5.75 Å². The molecule has 1 heterocycles. The molecule has 1 unspecified atom stereocenters. The van der Waals surface area contributed by atoms with E-state index >= 15 is 0 Å². The average molecular weight is 230 g/mol. The van der Waals surface area contributed by atoms with E-state index in [1.54, 1.807) is 6.92 Å². The van der Waals surface area contributed by atoms with E-state index in [4.69, 9.17) is 11.6 Å². The number of aryl methyl sites for hydroxylation is 1. The Hall–Kier alpha value is -0.800. The SMILES string of the molecule is Cc1cc(F)c(O)c(C2CCCN2)c1Cl. The smallest absolute Gasteiger partial charge is 0.165 e. The summed E-state index contributed by atoms with van der Waals surface area (Å²) in [6, 6.07) is 1.24. The summed E-state index contributed by atoms with van der Waals surface area (Å²) >= 11 is 6.08. The summed E-state index contributed by atoms with van der Waals surface area (Å²) in [5, 5.41) is 13.3. The lowest BCUT2D eigenvalue weighted by Gasteiger charge is -2.16. The molecule has 0 aliphatic carbocycles. The maximum Gasteiger partial charge on any atom is 0.165 e. The zero-order chi connectivity index (χ0) is 11.0. The van der Waals surface area contributed by atoms with E-state index in [1.807, 2.05) is 0 Å². The van der Waals surface area contributed by atoms with Crippen molar-refractivity contribution in [1.82, 2.24) is 5.32 Å². The van der Waals surface area contributed by atoms with E-state index in [9.17, 15) is 9.50 Å². The van der Waals surface area contributed by atoms with Crippen molar-refractivity contribution in [2.45, 2.75) is 25.8 Å². The molecule has 1 aliphatic rings. The fraction of sp³-hybridized carbons (Fsp3) is 0.455. The molecule has 1 aromatic carbocycles. The number of rotatable bonds is 1. The molecule has 15 heavy (non-hydrogen) atoms. The summed E-state index contributed by atoms with van der Waals surface area (Å²) in [6.45, 7) is 2.62. The highest BCUT2D eigenvalue weighted by Crippen LogP contribution is 2.39. The van der Waals surface area contributed by atoms with Crippen LogP contribution in [-0.2, 0) is 0 Å². The van der Waals surface area contributed by atoms with Gasteiger partial charge >= 0.3 is 0 Å². The zero-order valence-corrected chi connectivity index (χ0v) is 9.24. The van der Waals surface area contributed by atoms with Gasteiger partial charge in [-0.25, -0.2) is 4.39 Å². The van der Waals surface area contributed by atoms with Crippen LogP contribution in [0.25, 0.3) is 0 Å². The molecule has 2 nitrogen and oxygen atoms in total. The van der Waals surface area contributed by atoms with Gasteiger partial charge in [-0.2, -0.15) is 0 Å². The van der Waals surface area contributed by atoms with Crippen LogP contribution in [0.3, 0.4) is 0 Å². The molecule has 2 N–H and O–H groups in total.